The average molecular weight is 267 g/mol. The first kappa shape index (κ1) is 15.9. The summed E-state index contributed by atoms with van der Waals surface area (Å²) >= 11 is 0. The Morgan fingerprint density at radius 3 is 2.47 bits per heavy atom. The Balaban J connectivity index is 2.24. The zero-order valence-electron chi connectivity index (χ0n) is 12.3. The fraction of sp³-hybridized carbons (Fsp3) is 0.600. The minimum absolute atomic E-state index is 0.182. The van der Waals surface area contributed by atoms with Gasteiger partial charge in [0.05, 0.1) is 5.69 Å². The van der Waals surface area contributed by atoms with E-state index in [0.29, 0.717) is 5.69 Å². The number of anilines is 1. The van der Waals surface area contributed by atoms with Crippen molar-refractivity contribution in [3.05, 3.63) is 30.1 Å². The minimum Gasteiger partial charge on any atom is -0.381 e. The SMILES string of the molecule is CCN(CCCN(C)C)CCNc1ccccc1F. The van der Waals surface area contributed by atoms with Crippen LogP contribution in [0.25, 0.3) is 0 Å². The Labute approximate surface area is 116 Å². The summed E-state index contributed by atoms with van der Waals surface area (Å²) in [5.41, 5.74) is 0.590. The van der Waals surface area contributed by atoms with Crippen LogP contribution in [-0.4, -0.2) is 56.6 Å². The maximum Gasteiger partial charge on any atom is 0.146 e. The molecule has 0 aliphatic rings. The molecule has 0 spiro atoms. The topological polar surface area (TPSA) is 18.5 Å². The van der Waals surface area contributed by atoms with Crippen LogP contribution in [0.2, 0.25) is 0 Å². The van der Waals surface area contributed by atoms with Crippen LogP contribution in [0.15, 0.2) is 24.3 Å². The van der Waals surface area contributed by atoms with Gasteiger partial charge in [-0.1, -0.05) is 19.1 Å². The van der Waals surface area contributed by atoms with Crippen molar-refractivity contribution in [2.45, 2.75) is 13.3 Å². The molecule has 0 heterocycles. The third-order valence-corrected chi connectivity index (χ3v) is 3.14. The highest BCUT2D eigenvalue weighted by molar-refractivity contribution is 5.44. The van der Waals surface area contributed by atoms with E-state index in [4.69, 9.17) is 0 Å². The molecule has 0 unspecified atom stereocenters. The summed E-state index contributed by atoms with van der Waals surface area (Å²) in [6.07, 6.45) is 1.17. The second kappa shape index (κ2) is 8.88. The Kier molecular flexibility index (Phi) is 7.45. The molecule has 0 atom stereocenters. The second-order valence-corrected chi connectivity index (χ2v) is 5.00. The van der Waals surface area contributed by atoms with Gasteiger partial charge in [-0.15, -0.1) is 0 Å². The number of rotatable bonds is 9. The number of nitrogens with zero attached hydrogens (tertiary/aromatic N) is 2. The zero-order chi connectivity index (χ0) is 14.1. The van der Waals surface area contributed by atoms with Gasteiger partial charge in [0.25, 0.3) is 0 Å². The first-order valence-corrected chi connectivity index (χ1v) is 6.99. The first-order chi connectivity index (χ1) is 9.13. The summed E-state index contributed by atoms with van der Waals surface area (Å²) in [7, 11) is 4.19. The predicted octanol–water partition coefficient (Wildman–Crippen LogP) is 2.51. The molecule has 0 bridgehead atoms. The summed E-state index contributed by atoms with van der Waals surface area (Å²) in [5, 5.41) is 3.15. The van der Waals surface area contributed by atoms with Crippen molar-refractivity contribution in [2.24, 2.45) is 0 Å². The molecule has 0 radical (unpaired) electrons. The molecule has 0 saturated heterocycles. The Bertz CT molecular complexity index is 355. The highest BCUT2D eigenvalue weighted by atomic mass is 19.1. The van der Waals surface area contributed by atoms with Gasteiger partial charge in [0.2, 0.25) is 0 Å². The summed E-state index contributed by atoms with van der Waals surface area (Å²) in [6, 6.07) is 6.81. The molecule has 4 heteroatoms. The number of para-hydroxylation sites is 1. The molecule has 1 rings (SSSR count). The molecular weight excluding hydrogens is 241 g/mol. The third-order valence-electron chi connectivity index (χ3n) is 3.14. The minimum atomic E-state index is -0.182. The molecular formula is C15H26FN3. The van der Waals surface area contributed by atoms with Gasteiger partial charge < -0.3 is 15.1 Å². The van der Waals surface area contributed by atoms with E-state index in [2.05, 4.69) is 36.1 Å². The standard InChI is InChI=1S/C15H26FN3/c1-4-19(12-7-11-18(2)3)13-10-17-15-9-6-5-8-14(15)16/h5-6,8-9,17H,4,7,10-13H2,1-3H3. The summed E-state index contributed by atoms with van der Waals surface area (Å²) < 4.78 is 13.4. The normalized spacial score (nSPS) is 11.3. The monoisotopic (exact) mass is 267 g/mol. The van der Waals surface area contributed by atoms with E-state index in [1.807, 2.05) is 6.07 Å². The largest absolute Gasteiger partial charge is 0.381 e. The lowest BCUT2D eigenvalue weighted by molar-refractivity contribution is 0.275. The second-order valence-electron chi connectivity index (χ2n) is 5.00. The van der Waals surface area contributed by atoms with Crippen LogP contribution in [-0.2, 0) is 0 Å². The van der Waals surface area contributed by atoms with Gasteiger partial charge in [0.15, 0.2) is 0 Å². The number of likely N-dealkylation sites (N-methyl/N-ethyl adjacent to an activating group) is 1. The molecule has 108 valence electrons. The lowest BCUT2D eigenvalue weighted by Crippen LogP contribution is -2.31. The van der Waals surface area contributed by atoms with Crippen molar-refractivity contribution in [2.75, 3.05) is 52.1 Å². The van der Waals surface area contributed by atoms with Crippen LogP contribution < -0.4 is 5.32 Å². The predicted molar refractivity (Wildman–Crippen MR) is 80.2 cm³/mol. The first-order valence-electron chi connectivity index (χ1n) is 6.99. The maximum absolute atomic E-state index is 13.4. The Hall–Kier alpha value is -1.13. The Morgan fingerprint density at radius 2 is 1.84 bits per heavy atom. The van der Waals surface area contributed by atoms with E-state index in [1.54, 1.807) is 12.1 Å². The van der Waals surface area contributed by atoms with Crippen LogP contribution >= 0.6 is 0 Å². The molecule has 0 fully saturated rings. The van der Waals surface area contributed by atoms with Crippen LogP contribution in [0.4, 0.5) is 10.1 Å². The highest BCUT2D eigenvalue weighted by Gasteiger charge is 2.03. The number of hydrogen-bond donors (Lipinski definition) is 1. The van der Waals surface area contributed by atoms with Crippen molar-refractivity contribution in [3.63, 3.8) is 0 Å². The molecule has 1 aromatic rings. The summed E-state index contributed by atoms with van der Waals surface area (Å²) in [6.45, 7) is 7.12. The van der Waals surface area contributed by atoms with Gasteiger partial charge >= 0.3 is 0 Å². The van der Waals surface area contributed by atoms with Crippen LogP contribution in [0.3, 0.4) is 0 Å². The van der Waals surface area contributed by atoms with Crippen molar-refractivity contribution in [3.8, 4) is 0 Å². The zero-order valence-corrected chi connectivity index (χ0v) is 12.3. The van der Waals surface area contributed by atoms with Crippen molar-refractivity contribution >= 4 is 5.69 Å². The molecule has 19 heavy (non-hydrogen) atoms. The van der Waals surface area contributed by atoms with Gasteiger partial charge in [0, 0.05) is 13.1 Å². The van der Waals surface area contributed by atoms with Crippen molar-refractivity contribution in [1.82, 2.24) is 9.80 Å². The lowest BCUT2D eigenvalue weighted by atomic mass is 10.3. The smallest absolute Gasteiger partial charge is 0.146 e. The number of halogens is 1. The third kappa shape index (κ3) is 6.55. The number of nitrogens with one attached hydrogen (secondary N) is 1. The van der Waals surface area contributed by atoms with Crippen molar-refractivity contribution in [1.29, 1.82) is 0 Å². The molecule has 0 aliphatic heterocycles. The van der Waals surface area contributed by atoms with E-state index >= 15 is 0 Å². The molecule has 0 aromatic heterocycles. The van der Waals surface area contributed by atoms with Crippen molar-refractivity contribution < 1.29 is 4.39 Å². The van der Waals surface area contributed by atoms with Crippen LogP contribution in [0.1, 0.15) is 13.3 Å². The summed E-state index contributed by atoms with van der Waals surface area (Å²) in [5.74, 6) is -0.182. The van der Waals surface area contributed by atoms with E-state index in [0.717, 1.165) is 32.7 Å². The van der Waals surface area contributed by atoms with Gasteiger partial charge in [-0.3, -0.25) is 0 Å². The fourth-order valence-corrected chi connectivity index (χ4v) is 1.99. The molecule has 0 amide bonds. The molecule has 1 aromatic carbocycles. The number of hydrogen-bond acceptors (Lipinski definition) is 3. The van der Waals surface area contributed by atoms with E-state index in [-0.39, 0.29) is 5.82 Å². The lowest BCUT2D eigenvalue weighted by Gasteiger charge is -2.21. The molecule has 0 aliphatic carbocycles. The maximum atomic E-state index is 13.4. The molecule has 3 nitrogen and oxygen atoms in total. The Morgan fingerprint density at radius 1 is 1.11 bits per heavy atom. The molecule has 1 N–H and O–H groups in total. The summed E-state index contributed by atoms with van der Waals surface area (Å²) in [4.78, 5) is 4.59. The molecule has 0 saturated carbocycles. The quantitative estimate of drug-likeness (QED) is 0.741. The highest BCUT2D eigenvalue weighted by Crippen LogP contribution is 2.11. The van der Waals surface area contributed by atoms with Gasteiger partial charge in [-0.05, 0) is 52.3 Å². The van der Waals surface area contributed by atoms with E-state index in [9.17, 15) is 4.39 Å². The van der Waals surface area contributed by atoms with Gasteiger partial charge in [-0.25, -0.2) is 4.39 Å². The van der Waals surface area contributed by atoms with Crippen LogP contribution in [0, 0.1) is 5.82 Å². The van der Waals surface area contributed by atoms with Crippen LogP contribution in [0.5, 0.6) is 0 Å². The number of benzene rings is 1. The fourth-order valence-electron chi connectivity index (χ4n) is 1.99. The van der Waals surface area contributed by atoms with E-state index < -0.39 is 0 Å². The average Bonchev–Trinajstić information content (AvgIpc) is 2.38. The van der Waals surface area contributed by atoms with Gasteiger partial charge in [0.1, 0.15) is 5.82 Å². The van der Waals surface area contributed by atoms with Gasteiger partial charge in [-0.2, -0.15) is 0 Å². The van der Waals surface area contributed by atoms with E-state index in [1.165, 1.54) is 12.5 Å².